The van der Waals surface area contributed by atoms with Crippen LogP contribution in [0.5, 0.6) is 0 Å². The lowest BCUT2D eigenvalue weighted by atomic mass is 9.70. The van der Waals surface area contributed by atoms with Crippen LogP contribution in [-0.4, -0.2) is 12.7 Å². The second-order valence-corrected chi connectivity index (χ2v) is 7.12. The fourth-order valence-corrected chi connectivity index (χ4v) is 3.43. The maximum absolute atomic E-state index is 6.27. The van der Waals surface area contributed by atoms with E-state index in [1.807, 2.05) is 6.08 Å². The highest BCUT2D eigenvalue weighted by Gasteiger charge is 2.32. The van der Waals surface area contributed by atoms with E-state index in [1.54, 1.807) is 0 Å². The average molecular weight is 317 g/mol. The molecule has 4 atom stereocenters. The molecule has 0 aromatic rings. The minimum atomic E-state index is 0.0540. The standard InChI is InChI=1S/C22H36O/c1-8-15-23-22(20(10-3)12-11-16(4)5)21-14-13-19(9-2)17(6)18(21)7/h10-12,14,17-19,22H,3,8-9,13,15H2,1-2,4-7H3/b20-12+. The van der Waals surface area contributed by atoms with E-state index in [-0.39, 0.29) is 6.10 Å². The van der Waals surface area contributed by atoms with Crippen LogP contribution >= 0.6 is 0 Å². The van der Waals surface area contributed by atoms with Gasteiger partial charge in [-0.25, -0.2) is 0 Å². The molecule has 0 saturated heterocycles. The van der Waals surface area contributed by atoms with E-state index >= 15 is 0 Å². The van der Waals surface area contributed by atoms with Crippen LogP contribution in [0.2, 0.25) is 0 Å². The van der Waals surface area contributed by atoms with Gasteiger partial charge in [0, 0.05) is 6.61 Å². The Balaban J connectivity index is 3.14. The summed E-state index contributed by atoms with van der Waals surface area (Å²) >= 11 is 0. The maximum atomic E-state index is 6.27. The van der Waals surface area contributed by atoms with Gasteiger partial charge in [0.2, 0.25) is 0 Å². The molecule has 1 rings (SSSR count). The molecule has 1 nitrogen and oxygen atoms in total. The van der Waals surface area contributed by atoms with Crippen LogP contribution in [0.25, 0.3) is 0 Å². The zero-order valence-electron chi connectivity index (χ0n) is 16.1. The minimum absolute atomic E-state index is 0.0540. The minimum Gasteiger partial charge on any atom is -0.369 e. The van der Waals surface area contributed by atoms with Gasteiger partial charge < -0.3 is 4.74 Å². The van der Waals surface area contributed by atoms with Crippen molar-refractivity contribution in [2.45, 2.75) is 66.9 Å². The molecule has 0 aromatic heterocycles. The molecule has 23 heavy (non-hydrogen) atoms. The van der Waals surface area contributed by atoms with E-state index < -0.39 is 0 Å². The second-order valence-electron chi connectivity index (χ2n) is 7.12. The first kappa shape index (κ1) is 20.0. The summed E-state index contributed by atoms with van der Waals surface area (Å²) in [5.41, 5.74) is 3.92. The number of hydrogen-bond donors (Lipinski definition) is 0. The van der Waals surface area contributed by atoms with Crippen LogP contribution in [0.15, 0.2) is 47.6 Å². The van der Waals surface area contributed by atoms with Crippen molar-refractivity contribution in [2.24, 2.45) is 17.8 Å². The first-order valence-electron chi connectivity index (χ1n) is 9.25. The topological polar surface area (TPSA) is 9.23 Å². The molecule has 1 heteroatoms. The Labute approximate surface area is 144 Å². The molecule has 0 spiro atoms. The maximum Gasteiger partial charge on any atom is 0.104 e. The highest BCUT2D eigenvalue weighted by atomic mass is 16.5. The third-order valence-electron chi connectivity index (χ3n) is 5.18. The Kier molecular flexibility index (Phi) is 8.62. The normalized spacial score (nSPS) is 26.4. The van der Waals surface area contributed by atoms with Gasteiger partial charge >= 0.3 is 0 Å². The lowest BCUT2D eigenvalue weighted by Crippen LogP contribution is -2.31. The molecule has 0 amide bonds. The van der Waals surface area contributed by atoms with E-state index in [2.05, 4.69) is 66.3 Å². The number of rotatable bonds is 8. The van der Waals surface area contributed by atoms with Gasteiger partial charge in [-0.2, -0.15) is 0 Å². The van der Waals surface area contributed by atoms with Crippen molar-refractivity contribution < 1.29 is 4.74 Å². The number of ether oxygens (including phenoxy) is 1. The van der Waals surface area contributed by atoms with Gasteiger partial charge in [0.05, 0.1) is 0 Å². The van der Waals surface area contributed by atoms with Gasteiger partial charge in [-0.05, 0) is 55.6 Å². The predicted molar refractivity (Wildman–Crippen MR) is 103 cm³/mol. The van der Waals surface area contributed by atoms with Crippen molar-refractivity contribution in [3.05, 3.63) is 47.6 Å². The Morgan fingerprint density at radius 1 is 1.30 bits per heavy atom. The summed E-state index contributed by atoms with van der Waals surface area (Å²) < 4.78 is 6.27. The SMILES string of the molecule is C=C/C(=C\C=C(C)C)C(OCCC)C1=CCC(CC)C(C)C1C. The van der Waals surface area contributed by atoms with Crippen LogP contribution in [0, 0.1) is 17.8 Å². The third-order valence-corrected chi connectivity index (χ3v) is 5.18. The Bertz CT molecular complexity index is 462. The molecule has 4 unspecified atom stereocenters. The van der Waals surface area contributed by atoms with E-state index in [4.69, 9.17) is 4.74 Å². The number of allylic oxidation sites excluding steroid dienone is 4. The van der Waals surface area contributed by atoms with Crippen LogP contribution in [0.4, 0.5) is 0 Å². The molecule has 0 bridgehead atoms. The molecule has 0 saturated carbocycles. The molecule has 1 aliphatic rings. The van der Waals surface area contributed by atoms with Crippen LogP contribution < -0.4 is 0 Å². The van der Waals surface area contributed by atoms with Gasteiger partial charge in [-0.1, -0.05) is 70.6 Å². The van der Waals surface area contributed by atoms with Crippen molar-refractivity contribution in [3.63, 3.8) is 0 Å². The van der Waals surface area contributed by atoms with Crippen molar-refractivity contribution in [1.29, 1.82) is 0 Å². The molecule has 0 radical (unpaired) electrons. The van der Waals surface area contributed by atoms with E-state index in [0.29, 0.717) is 11.8 Å². The molecule has 0 aromatic carbocycles. The van der Waals surface area contributed by atoms with E-state index in [1.165, 1.54) is 29.6 Å². The van der Waals surface area contributed by atoms with Crippen LogP contribution in [0.3, 0.4) is 0 Å². The van der Waals surface area contributed by atoms with Gasteiger partial charge in [0.1, 0.15) is 6.10 Å². The highest BCUT2D eigenvalue weighted by Crippen LogP contribution is 2.39. The zero-order chi connectivity index (χ0) is 17.4. The fraction of sp³-hybridized carbons (Fsp3) is 0.636. The summed E-state index contributed by atoms with van der Waals surface area (Å²) in [5.74, 6) is 2.07. The van der Waals surface area contributed by atoms with Crippen molar-refractivity contribution >= 4 is 0 Å². The summed E-state index contributed by atoms with van der Waals surface area (Å²) in [6.45, 7) is 18.3. The summed E-state index contributed by atoms with van der Waals surface area (Å²) in [4.78, 5) is 0. The second kappa shape index (κ2) is 9.93. The summed E-state index contributed by atoms with van der Waals surface area (Å²) in [7, 11) is 0. The molecular weight excluding hydrogens is 280 g/mol. The first-order valence-corrected chi connectivity index (χ1v) is 9.25. The highest BCUT2D eigenvalue weighted by molar-refractivity contribution is 5.36. The lowest BCUT2D eigenvalue weighted by molar-refractivity contribution is 0.0869. The smallest absolute Gasteiger partial charge is 0.104 e. The van der Waals surface area contributed by atoms with Gasteiger partial charge in [0.25, 0.3) is 0 Å². The monoisotopic (exact) mass is 316 g/mol. The molecule has 1 aliphatic carbocycles. The Hall–Kier alpha value is -1.08. The summed E-state index contributed by atoms with van der Waals surface area (Å²) in [6.07, 6.45) is 12.3. The van der Waals surface area contributed by atoms with Gasteiger partial charge in [-0.3, -0.25) is 0 Å². The third kappa shape index (κ3) is 5.49. The molecule has 130 valence electrons. The largest absolute Gasteiger partial charge is 0.369 e. The van der Waals surface area contributed by atoms with Crippen LogP contribution in [0.1, 0.15) is 60.8 Å². The van der Waals surface area contributed by atoms with Crippen LogP contribution in [-0.2, 0) is 4.74 Å². The van der Waals surface area contributed by atoms with Crippen molar-refractivity contribution in [2.75, 3.05) is 6.61 Å². The molecule has 0 aliphatic heterocycles. The molecular formula is C22H36O. The van der Waals surface area contributed by atoms with Crippen molar-refractivity contribution in [1.82, 2.24) is 0 Å². The molecule has 0 fully saturated rings. The Morgan fingerprint density at radius 2 is 2.00 bits per heavy atom. The average Bonchev–Trinajstić information content (AvgIpc) is 2.53. The van der Waals surface area contributed by atoms with E-state index in [0.717, 1.165) is 18.9 Å². The zero-order valence-corrected chi connectivity index (χ0v) is 16.1. The summed E-state index contributed by atoms with van der Waals surface area (Å²) in [6, 6.07) is 0. The quantitative estimate of drug-likeness (QED) is 0.367. The molecule has 0 N–H and O–H groups in total. The Morgan fingerprint density at radius 3 is 2.52 bits per heavy atom. The van der Waals surface area contributed by atoms with Crippen molar-refractivity contribution in [3.8, 4) is 0 Å². The van der Waals surface area contributed by atoms with E-state index in [9.17, 15) is 0 Å². The molecule has 0 heterocycles. The first-order chi connectivity index (χ1) is 11.0. The van der Waals surface area contributed by atoms with Gasteiger partial charge in [0.15, 0.2) is 0 Å². The summed E-state index contributed by atoms with van der Waals surface area (Å²) in [5, 5.41) is 0. The number of hydrogen-bond acceptors (Lipinski definition) is 1. The lowest BCUT2D eigenvalue weighted by Gasteiger charge is -2.37. The predicted octanol–water partition coefficient (Wildman–Crippen LogP) is 6.49. The van der Waals surface area contributed by atoms with Gasteiger partial charge in [-0.15, -0.1) is 0 Å². The fourth-order valence-electron chi connectivity index (χ4n) is 3.43.